The van der Waals surface area contributed by atoms with E-state index >= 15 is 0 Å². The monoisotopic (exact) mass is 271 g/mol. The van der Waals surface area contributed by atoms with Gasteiger partial charge in [0.25, 0.3) is 0 Å². The number of nitrogens with two attached hydrogens (primary N) is 1. The topological polar surface area (TPSA) is 110 Å². The maximum atomic E-state index is 11.5. The molecule has 0 bridgehead atoms. The Labute approximate surface area is 106 Å². The van der Waals surface area contributed by atoms with Crippen LogP contribution in [0.4, 0.5) is 11.8 Å². The highest BCUT2D eigenvalue weighted by Crippen LogP contribution is 2.28. The molecule has 0 saturated carbocycles. The zero-order valence-corrected chi connectivity index (χ0v) is 11.2. The first-order valence-corrected chi connectivity index (χ1v) is 7.45. The smallest absolute Gasteiger partial charge is 0.239 e. The van der Waals surface area contributed by atoms with Crippen LogP contribution in [0.15, 0.2) is 6.20 Å². The standard InChI is InChI=1S/C10H17N5O2S/c1-7-5-12-9(15-11)13-8(7)14-10(2)3-4-18(16,17)6-10/h5H,3-4,6,11H2,1-2H3,(H2,12,13,14,15). The lowest BCUT2D eigenvalue weighted by atomic mass is 10.0. The molecule has 1 fully saturated rings. The largest absolute Gasteiger partial charge is 0.363 e. The maximum Gasteiger partial charge on any atom is 0.239 e. The minimum Gasteiger partial charge on any atom is -0.363 e. The minimum atomic E-state index is -2.95. The molecule has 8 heteroatoms. The number of hydrogen-bond acceptors (Lipinski definition) is 7. The molecule has 0 aliphatic carbocycles. The summed E-state index contributed by atoms with van der Waals surface area (Å²) in [6.45, 7) is 3.74. The molecule has 0 spiro atoms. The van der Waals surface area contributed by atoms with Crippen molar-refractivity contribution in [3.8, 4) is 0 Å². The van der Waals surface area contributed by atoms with E-state index in [1.807, 2.05) is 13.8 Å². The molecule has 1 atom stereocenters. The molecule has 1 aliphatic heterocycles. The van der Waals surface area contributed by atoms with Crippen LogP contribution in [0.25, 0.3) is 0 Å². The number of sulfone groups is 1. The van der Waals surface area contributed by atoms with Gasteiger partial charge in [0.15, 0.2) is 9.84 Å². The fourth-order valence-electron chi connectivity index (χ4n) is 2.03. The highest BCUT2D eigenvalue weighted by atomic mass is 32.2. The Hall–Kier alpha value is -1.41. The van der Waals surface area contributed by atoms with Crippen molar-refractivity contribution in [2.45, 2.75) is 25.8 Å². The van der Waals surface area contributed by atoms with Crippen molar-refractivity contribution in [1.82, 2.24) is 9.97 Å². The van der Waals surface area contributed by atoms with E-state index in [2.05, 4.69) is 20.7 Å². The second kappa shape index (κ2) is 4.36. The molecular weight excluding hydrogens is 254 g/mol. The Balaban J connectivity index is 2.24. The highest BCUT2D eigenvalue weighted by Gasteiger charge is 2.38. The van der Waals surface area contributed by atoms with Crippen LogP contribution in [0.5, 0.6) is 0 Å². The number of nitrogen functional groups attached to an aromatic ring is 1. The fraction of sp³-hybridized carbons (Fsp3) is 0.600. The molecule has 1 aromatic heterocycles. The third kappa shape index (κ3) is 2.70. The number of rotatable bonds is 3. The van der Waals surface area contributed by atoms with Crippen LogP contribution >= 0.6 is 0 Å². The number of aryl methyl sites for hydroxylation is 1. The summed E-state index contributed by atoms with van der Waals surface area (Å²) in [5, 5.41) is 3.19. The molecule has 0 amide bonds. The predicted molar refractivity (Wildman–Crippen MR) is 69.9 cm³/mol. The van der Waals surface area contributed by atoms with Crippen molar-refractivity contribution < 1.29 is 8.42 Å². The van der Waals surface area contributed by atoms with E-state index in [1.165, 1.54) is 0 Å². The Morgan fingerprint density at radius 2 is 2.22 bits per heavy atom. The van der Waals surface area contributed by atoms with Gasteiger partial charge in [0, 0.05) is 11.8 Å². The van der Waals surface area contributed by atoms with Crippen molar-refractivity contribution in [3.05, 3.63) is 11.8 Å². The lowest BCUT2D eigenvalue weighted by Crippen LogP contribution is -2.36. The van der Waals surface area contributed by atoms with Gasteiger partial charge in [0.2, 0.25) is 5.95 Å². The van der Waals surface area contributed by atoms with Crippen molar-refractivity contribution in [3.63, 3.8) is 0 Å². The number of hydrogen-bond donors (Lipinski definition) is 3. The van der Waals surface area contributed by atoms with Crippen LogP contribution in [0, 0.1) is 6.92 Å². The normalized spacial score (nSPS) is 25.9. The zero-order valence-electron chi connectivity index (χ0n) is 10.4. The number of hydrazine groups is 1. The quantitative estimate of drug-likeness (QED) is 0.526. The van der Waals surface area contributed by atoms with Crippen molar-refractivity contribution in [2.75, 3.05) is 22.2 Å². The van der Waals surface area contributed by atoms with Crippen molar-refractivity contribution in [2.24, 2.45) is 5.84 Å². The van der Waals surface area contributed by atoms with E-state index in [4.69, 9.17) is 5.84 Å². The number of nitrogens with zero attached hydrogens (tertiary/aromatic N) is 2. The second-order valence-electron chi connectivity index (χ2n) is 4.90. The molecule has 1 aromatic rings. The zero-order chi connectivity index (χ0) is 13.4. The van der Waals surface area contributed by atoms with Gasteiger partial charge in [-0.15, -0.1) is 0 Å². The number of nitrogens with one attached hydrogen (secondary N) is 2. The van der Waals surface area contributed by atoms with E-state index in [9.17, 15) is 8.42 Å². The predicted octanol–water partition coefficient (Wildman–Crippen LogP) is 0.0597. The first-order chi connectivity index (χ1) is 8.34. The minimum absolute atomic E-state index is 0.120. The summed E-state index contributed by atoms with van der Waals surface area (Å²) in [4.78, 5) is 8.17. The Bertz CT molecular complexity index is 559. The summed E-state index contributed by atoms with van der Waals surface area (Å²) in [6, 6.07) is 0. The third-order valence-corrected chi connectivity index (χ3v) is 4.93. The first-order valence-electron chi connectivity index (χ1n) is 5.62. The molecule has 2 heterocycles. The van der Waals surface area contributed by atoms with Crippen LogP contribution in [0.1, 0.15) is 18.9 Å². The van der Waals surface area contributed by atoms with Gasteiger partial charge in [-0.1, -0.05) is 0 Å². The van der Waals surface area contributed by atoms with E-state index in [1.54, 1.807) is 6.20 Å². The lowest BCUT2D eigenvalue weighted by Gasteiger charge is -2.25. The summed E-state index contributed by atoms with van der Waals surface area (Å²) < 4.78 is 23.1. The van der Waals surface area contributed by atoms with Crippen LogP contribution < -0.4 is 16.6 Å². The van der Waals surface area contributed by atoms with Crippen molar-refractivity contribution >= 4 is 21.6 Å². The Kier molecular flexibility index (Phi) is 3.16. The van der Waals surface area contributed by atoms with Gasteiger partial charge in [-0.25, -0.2) is 19.2 Å². The highest BCUT2D eigenvalue weighted by molar-refractivity contribution is 7.91. The first kappa shape index (κ1) is 13.0. The molecule has 0 radical (unpaired) electrons. The van der Waals surface area contributed by atoms with Gasteiger partial charge in [-0.05, 0) is 20.3 Å². The maximum absolute atomic E-state index is 11.5. The van der Waals surface area contributed by atoms with E-state index in [0.717, 1.165) is 5.56 Å². The van der Waals surface area contributed by atoms with E-state index in [0.29, 0.717) is 18.2 Å². The summed E-state index contributed by atoms with van der Waals surface area (Å²) in [5.74, 6) is 6.49. The molecule has 4 N–H and O–H groups in total. The fourth-order valence-corrected chi connectivity index (χ4v) is 4.13. The molecule has 18 heavy (non-hydrogen) atoms. The average Bonchev–Trinajstić information content (AvgIpc) is 2.56. The molecule has 100 valence electrons. The van der Waals surface area contributed by atoms with Gasteiger partial charge in [0.05, 0.1) is 17.0 Å². The lowest BCUT2D eigenvalue weighted by molar-refractivity contribution is 0.571. The van der Waals surface area contributed by atoms with Crippen LogP contribution in [-0.2, 0) is 9.84 Å². The average molecular weight is 271 g/mol. The van der Waals surface area contributed by atoms with Gasteiger partial charge in [-0.2, -0.15) is 4.98 Å². The summed E-state index contributed by atoms with van der Waals surface area (Å²) in [5.41, 5.74) is 2.73. The van der Waals surface area contributed by atoms with E-state index in [-0.39, 0.29) is 11.5 Å². The van der Waals surface area contributed by atoms with Gasteiger partial charge >= 0.3 is 0 Å². The number of aromatic nitrogens is 2. The van der Waals surface area contributed by atoms with Crippen molar-refractivity contribution in [1.29, 1.82) is 0 Å². The van der Waals surface area contributed by atoms with E-state index < -0.39 is 15.4 Å². The Morgan fingerprint density at radius 3 is 2.78 bits per heavy atom. The third-order valence-electron chi connectivity index (χ3n) is 3.02. The van der Waals surface area contributed by atoms with Gasteiger partial charge in [0.1, 0.15) is 5.82 Å². The van der Waals surface area contributed by atoms with Crippen LogP contribution in [0.2, 0.25) is 0 Å². The molecule has 1 saturated heterocycles. The second-order valence-corrected chi connectivity index (χ2v) is 7.08. The SMILES string of the molecule is Cc1cnc(NN)nc1NC1(C)CCS(=O)(=O)C1. The van der Waals surface area contributed by atoms with Crippen LogP contribution in [-0.4, -0.2) is 35.4 Å². The van der Waals surface area contributed by atoms with Gasteiger partial charge < -0.3 is 5.32 Å². The molecular formula is C10H17N5O2S. The Morgan fingerprint density at radius 1 is 1.50 bits per heavy atom. The molecule has 1 aliphatic rings. The molecule has 2 rings (SSSR count). The summed E-state index contributed by atoms with van der Waals surface area (Å²) >= 11 is 0. The van der Waals surface area contributed by atoms with Gasteiger partial charge in [-0.3, -0.25) is 5.43 Å². The summed E-state index contributed by atoms with van der Waals surface area (Å²) in [7, 11) is -2.95. The molecule has 1 unspecified atom stereocenters. The molecule has 0 aromatic carbocycles. The number of anilines is 2. The molecule has 7 nitrogen and oxygen atoms in total. The summed E-state index contributed by atoms with van der Waals surface area (Å²) in [6.07, 6.45) is 2.21. The van der Waals surface area contributed by atoms with Crippen LogP contribution in [0.3, 0.4) is 0 Å².